The van der Waals surface area contributed by atoms with E-state index in [2.05, 4.69) is 0 Å². The summed E-state index contributed by atoms with van der Waals surface area (Å²) in [5, 5.41) is 0. The van der Waals surface area contributed by atoms with Crippen LogP contribution < -0.4 is 5.73 Å². The minimum Gasteiger partial charge on any atom is -0.501 e. The highest BCUT2D eigenvalue weighted by molar-refractivity contribution is 7.99. The molecular formula is C13H16FNOS. The molecule has 1 unspecified atom stereocenters. The second-order valence-electron chi connectivity index (χ2n) is 4.04. The van der Waals surface area contributed by atoms with Gasteiger partial charge in [0.1, 0.15) is 5.82 Å². The number of benzene rings is 1. The maximum atomic E-state index is 13.0. The molecule has 1 aromatic rings. The number of nitrogens with two attached hydrogens (primary N) is 1. The lowest BCUT2D eigenvalue weighted by molar-refractivity contribution is 0.222. The largest absolute Gasteiger partial charge is 0.501 e. The molecule has 0 amide bonds. The van der Waals surface area contributed by atoms with Gasteiger partial charge >= 0.3 is 0 Å². The van der Waals surface area contributed by atoms with Gasteiger partial charge < -0.3 is 10.5 Å². The molecule has 0 aliphatic carbocycles. The van der Waals surface area contributed by atoms with Gasteiger partial charge in [-0.1, -0.05) is 6.07 Å². The van der Waals surface area contributed by atoms with Crippen molar-refractivity contribution in [3.63, 3.8) is 0 Å². The van der Waals surface area contributed by atoms with Crippen LogP contribution in [0.2, 0.25) is 0 Å². The number of rotatable bonds is 4. The molecule has 0 saturated heterocycles. The fraction of sp³-hybridized carbons (Fsp3) is 0.385. The molecule has 0 fully saturated rings. The Morgan fingerprint density at radius 2 is 2.35 bits per heavy atom. The maximum Gasteiger partial charge on any atom is 0.124 e. The molecule has 1 atom stereocenters. The average Bonchev–Trinajstić information content (AvgIpc) is 2.37. The predicted octanol–water partition coefficient (Wildman–Crippen LogP) is 2.94. The number of hydrogen-bond acceptors (Lipinski definition) is 3. The number of halogens is 1. The van der Waals surface area contributed by atoms with E-state index in [1.807, 2.05) is 6.07 Å². The van der Waals surface area contributed by atoms with E-state index in [0.29, 0.717) is 0 Å². The van der Waals surface area contributed by atoms with Crippen molar-refractivity contribution in [3.8, 4) is 0 Å². The van der Waals surface area contributed by atoms with Crippen LogP contribution in [-0.4, -0.2) is 18.4 Å². The molecule has 0 bridgehead atoms. The van der Waals surface area contributed by atoms with Crippen LogP contribution in [0.5, 0.6) is 0 Å². The maximum absolute atomic E-state index is 13.0. The fourth-order valence-electron chi connectivity index (χ4n) is 1.71. The van der Waals surface area contributed by atoms with E-state index < -0.39 is 0 Å². The summed E-state index contributed by atoms with van der Waals surface area (Å²) in [6.07, 6.45) is 3.81. The van der Waals surface area contributed by atoms with E-state index in [1.54, 1.807) is 24.1 Å². The Kier molecular flexibility index (Phi) is 4.45. The van der Waals surface area contributed by atoms with Gasteiger partial charge in [-0.15, -0.1) is 11.8 Å². The molecule has 4 heteroatoms. The molecule has 17 heavy (non-hydrogen) atoms. The molecule has 2 rings (SSSR count). The Labute approximate surface area is 105 Å². The lowest BCUT2D eigenvalue weighted by Crippen LogP contribution is -2.27. The topological polar surface area (TPSA) is 35.2 Å². The minimum absolute atomic E-state index is 0.0106. The van der Waals surface area contributed by atoms with Crippen LogP contribution in [0.3, 0.4) is 0 Å². The van der Waals surface area contributed by atoms with Crippen molar-refractivity contribution in [1.29, 1.82) is 0 Å². The Morgan fingerprint density at radius 3 is 3.06 bits per heavy atom. The van der Waals surface area contributed by atoms with Gasteiger partial charge in [0.05, 0.1) is 12.9 Å². The zero-order valence-electron chi connectivity index (χ0n) is 9.56. The summed E-state index contributed by atoms with van der Waals surface area (Å²) in [7, 11) is 0. The molecular weight excluding hydrogens is 237 g/mol. The second-order valence-corrected chi connectivity index (χ2v) is 5.14. The van der Waals surface area contributed by atoms with Crippen molar-refractivity contribution < 1.29 is 9.13 Å². The second kappa shape index (κ2) is 6.07. The molecule has 0 spiro atoms. The van der Waals surface area contributed by atoms with Crippen molar-refractivity contribution in [1.82, 2.24) is 0 Å². The van der Waals surface area contributed by atoms with Crippen molar-refractivity contribution in [2.75, 3.05) is 12.4 Å². The minimum atomic E-state index is -0.205. The van der Waals surface area contributed by atoms with Crippen molar-refractivity contribution in [3.05, 3.63) is 41.9 Å². The van der Waals surface area contributed by atoms with Gasteiger partial charge in [-0.05, 0) is 36.6 Å². The van der Waals surface area contributed by atoms with Crippen LogP contribution in [0.25, 0.3) is 0 Å². The van der Waals surface area contributed by atoms with Crippen molar-refractivity contribution in [2.45, 2.75) is 23.8 Å². The smallest absolute Gasteiger partial charge is 0.124 e. The van der Waals surface area contributed by atoms with Crippen molar-refractivity contribution in [2.24, 2.45) is 5.73 Å². The highest BCUT2D eigenvalue weighted by atomic mass is 32.2. The molecule has 1 aliphatic rings. The Morgan fingerprint density at radius 1 is 1.47 bits per heavy atom. The quantitative estimate of drug-likeness (QED) is 0.838. The van der Waals surface area contributed by atoms with Crippen LogP contribution >= 0.6 is 11.8 Å². The third kappa shape index (κ3) is 3.75. The van der Waals surface area contributed by atoms with E-state index in [9.17, 15) is 4.39 Å². The summed E-state index contributed by atoms with van der Waals surface area (Å²) in [5.74, 6) is 0.544. The zero-order valence-corrected chi connectivity index (χ0v) is 10.4. The Bertz CT molecular complexity index is 408. The first kappa shape index (κ1) is 12.5. The van der Waals surface area contributed by atoms with Gasteiger partial charge in [0, 0.05) is 16.7 Å². The first-order valence-corrected chi connectivity index (χ1v) is 6.69. The van der Waals surface area contributed by atoms with Gasteiger partial charge in [-0.25, -0.2) is 4.39 Å². The summed E-state index contributed by atoms with van der Waals surface area (Å²) in [6, 6.07) is 6.58. The lowest BCUT2D eigenvalue weighted by Gasteiger charge is -2.19. The molecule has 1 heterocycles. The fourth-order valence-corrected chi connectivity index (χ4v) is 2.66. The van der Waals surface area contributed by atoms with Gasteiger partial charge in [-0.3, -0.25) is 0 Å². The van der Waals surface area contributed by atoms with E-state index in [1.165, 1.54) is 12.1 Å². The molecule has 1 aromatic carbocycles. The van der Waals surface area contributed by atoms with Crippen LogP contribution in [0.1, 0.15) is 12.8 Å². The third-order valence-corrected chi connectivity index (χ3v) is 3.78. The Balaban J connectivity index is 1.87. The van der Waals surface area contributed by atoms with Crippen LogP contribution in [0, 0.1) is 5.82 Å². The SMILES string of the molecule is NC(CSc1cccc(F)c1)C1=COCCC1. The van der Waals surface area contributed by atoms with E-state index in [0.717, 1.165) is 35.7 Å². The summed E-state index contributed by atoms with van der Waals surface area (Å²) in [6.45, 7) is 0.785. The number of thioether (sulfide) groups is 1. The molecule has 0 aromatic heterocycles. The molecule has 92 valence electrons. The van der Waals surface area contributed by atoms with Crippen LogP contribution in [-0.2, 0) is 4.74 Å². The van der Waals surface area contributed by atoms with Crippen LogP contribution in [0.4, 0.5) is 4.39 Å². The Hall–Kier alpha value is -1.00. The molecule has 2 nitrogen and oxygen atoms in total. The van der Waals surface area contributed by atoms with E-state index >= 15 is 0 Å². The lowest BCUT2D eigenvalue weighted by atomic mass is 10.0. The van der Waals surface area contributed by atoms with Gasteiger partial charge in [0.25, 0.3) is 0 Å². The summed E-state index contributed by atoms with van der Waals surface area (Å²) < 4.78 is 18.2. The predicted molar refractivity (Wildman–Crippen MR) is 68.4 cm³/mol. The standard InChI is InChI=1S/C13H16FNOS/c14-11-4-1-5-12(7-11)17-9-13(15)10-3-2-6-16-8-10/h1,4-5,7-8,13H,2-3,6,9,15H2. The first-order valence-electron chi connectivity index (χ1n) is 5.70. The summed E-state index contributed by atoms with van der Waals surface area (Å²) in [5.41, 5.74) is 7.22. The van der Waals surface area contributed by atoms with Crippen LogP contribution in [0.15, 0.2) is 41.0 Å². The number of ether oxygens (including phenoxy) is 1. The van der Waals surface area contributed by atoms with Gasteiger partial charge in [-0.2, -0.15) is 0 Å². The van der Waals surface area contributed by atoms with Crippen molar-refractivity contribution >= 4 is 11.8 Å². The third-order valence-electron chi connectivity index (χ3n) is 2.66. The normalized spacial score (nSPS) is 17.2. The van der Waals surface area contributed by atoms with E-state index in [4.69, 9.17) is 10.5 Å². The van der Waals surface area contributed by atoms with Gasteiger partial charge in [0.2, 0.25) is 0 Å². The summed E-state index contributed by atoms with van der Waals surface area (Å²) >= 11 is 1.57. The zero-order chi connectivity index (χ0) is 12.1. The highest BCUT2D eigenvalue weighted by Gasteiger charge is 2.13. The van der Waals surface area contributed by atoms with Gasteiger partial charge in [0.15, 0.2) is 0 Å². The molecule has 0 saturated carbocycles. The first-order chi connectivity index (χ1) is 8.25. The highest BCUT2D eigenvalue weighted by Crippen LogP contribution is 2.23. The number of hydrogen-bond donors (Lipinski definition) is 1. The van der Waals surface area contributed by atoms with E-state index in [-0.39, 0.29) is 11.9 Å². The summed E-state index contributed by atoms with van der Waals surface area (Å²) in [4.78, 5) is 0.915. The molecule has 1 aliphatic heterocycles. The molecule has 0 radical (unpaired) electrons. The molecule has 2 N–H and O–H groups in total. The average molecular weight is 253 g/mol. The monoisotopic (exact) mass is 253 g/mol.